The minimum atomic E-state index is -4.41. The Morgan fingerprint density at radius 3 is 2.38 bits per heavy atom. The number of alkyl halides is 3. The molecular weight excluding hydrogens is 513 g/mol. The molecule has 0 saturated carbocycles. The van der Waals surface area contributed by atoms with Crippen LogP contribution in [0, 0.1) is 0 Å². The molecule has 0 radical (unpaired) electrons. The van der Waals surface area contributed by atoms with E-state index in [4.69, 9.17) is 18.9 Å². The molecular formula is C29H29F3N2O5. The summed E-state index contributed by atoms with van der Waals surface area (Å²) in [5, 5.41) is 0. The van der Waals surface area contributed by atoms with Crippen LogP contribution in [0.3, 0.4) is 0 Å². The molecule has 1 aromatic heterocycles. The average Bonchev–Trinajstić information content (AvgIpc) is 3.24. The zero-order valence-electron chi connectivity index (χ0n) is 21.9. The van der Waals surface area contributed by atoms with Gasteiger partial charge in [0, 0.05) is 25.6 Å². The zero-order valence-corrected chi connectivity index (χ0v) is 21.9. The number of carbonyl (C=O) groups is 1. The lowest BCUT2D eigenvalue weighted by molar-refractivity contribution is -0.143. The number of nitrogens with zero attached hydrogens (tertiary/aromatic N) is 2. The lowest BCUT2D eigenvalue weighted by Gasteiger charge is -2.15. The van der Waals surface area contributed by atoms with Gasteiger partial charge in [-0.05, 0) is 54.8 Å². The monoisotopic (exact) mass is 542 g/mol. The van der Waals surface area contributed by atoms with E-state index in [2.05, 4.69) is 4.98 Å². The van der Waals surface area contributed by atoms with Crippen molar-refractivity contribution in [3.05, 3.63) is 83.2 Å². The summed E-state index contributed by atoms with van der Waals surface area (Å²) in [6.07, 6.45) is -3.88. The Morgan fingerprint density at radius 2 is 1.69 bits per heavy atom. The van der Waals surface area contributed by atoms with Gasteiger partial charge in [-0.2, -0.15) is 13.2 Å². The number of methoxy groups -OCH3 is 1. The number of imidazole rings is 1. The number of rotatable bonds is 11. The Labute approximate surface area is 224 Å². The average molecular weight is 543 g/mol. The van der Waals surface area contributed by atoms with Gasteiger partial charge >= 0.3 is 12.1 Å². The van der Waals surface area contributed by atoms with Crippen molar-refractivity contribution in [1.29, 1.82) is 0 Å². The molecule has 1 heterocycles. The second-order valence-electron chi connectivity index (χ2n) is 8.79. The smallest absolute Gasteiger partial charge is 0.416 e. The summed E-state index contributed by atoms with van der Waals surface area (Å²) in [6.45, 7) is 2.26. The van der Waals surface area contributed by atoms with Crippen molar-refractivity contribution in [3.8, 4) is 17.2 Å². The molecule has 0 amide bonds. The maximum Gasteiger partial charge on any atom is 0.416 e. The van der Waals surface area contributed by atoms with Gasteiger partial charge in [0.15, 0.2) is 0 Å². The first-order valence-electron chi connectivity index (χ1n) is 12.4. The Kier molecular flexibility index (Phi) is 8.63. The normalized spacial score (nSPS) is 11.4. The number of benzene rings is 3. The summed E-state index contributed by atoms with van der Waals surface area (Å²) >= 11 is 0. The predicted molar refractivity (Wildman–Crippen MR) is 139 cm³/mol. The summed E-state index contributed by atoms with van der Waals surface area (Å²) in [7, 11) is 3.50. The second kappa shape index (κ2) is 12.1. The van der Waals surface area contributed by atoms with Crippen molar-refractivity contribution in [1.82, 2.24) is 9.55 Å². The summed E-state index contributed by atoms with van der Waals surface area (Å²) < 4.78 is 62.9. The van der Waals surface area contributed by atoms with Crippen LogP contribution in [0.4, 0.5) is 13.2 Å². The first-order valence-corrected chi connectivity index (χ1v) is 12.4. The highest BCUT2D eigenvalue weighted by Crippen LogP contribution is 2.31. The molecule has 0 saturated heterocycles. The van der Waals surface area contributed by atoms with Gasteiger partial charge < -0.3 is 23.5 Å². The van der Waals surface area contributed by atoms with Crippen LogP contribution in [0.1, 0.15) is 35.9 Å². The van der Waals surface area contributed by atoms with Gasteiger partial charge in [0.1, 0.15) is 36.3 Å². The Hall–Kier alpha value is -4.21. The molecule has 0 aliphatic heterocycles. The molecule has 0 bridgehead atoms. The van der Waals surface area contributed by atoms with Crippen LogP contribution in [-0.2, 0) is 42.4 Å². The molecule has 0 spiro atoms. The molecule has 206 valence electrons. The molecule has 0 fully saturated rings. The molecule has 0 aliphatic carbocycles. The third-order valence-electron chi connectivity index (χ3n) is 6.17. The molecule has 0 aliphatic rings. The molecule has 0 atom stereocenters. The van der Waals surface area contributed by atoms with E-state index in [9.17, 15) is 18.0 Å². The minimum Gasteiger partial charge on any atom is -0.497 e. The van der Waals surface area contributed by atoms with E-state index in [0.717, 1.165) is 34.5 Å². The van der Waals surface area contributed by atoms with Crippen molar-refractivity contribution in [3.63, 3.8) is 0 Å². The zero-order chi connectivity index (χ0) is 28.0. The van der Waals surface area contributed by atoms with Crippen molar-refractivity contribution < 1.29 is 36.9 Å². The van der Waals surface area contributed by atoms with Crippen molar-refractivity contribution >= 4 is 17.0 Å². The predicted octanol–water partition coefficient (Wildman–Crippen LogP) is 6.25. The summed E-state index contributed by atoms with van der Waals surface area (Å²) in [6, 6.07) is 15.7. The number of ether oxygens (including phenoxy) is 4. The molecule has 0 unspecified atom stereocenters. The number of fused-ring (bicyclic) bond motifs is 1. The minimum absolute atomic E-state index is 0.0422. The van der Waals surface area contributed by atoms with Crippen LogP contribution in [0.25, 0.3) is 11.0 Å². The first kappa shape index (κ1) is 27.8. The number of hydrogen-bond acceptors (Lipinski definition) is 6. The van der Waals surface area contributed by atoms with Gasteiger partial charge in [-0.25, -0.2) is 4.98 Å². The molecule has 39 heavy (non-hydrogen) atoms. The lowest BCUT2D eigenvalue weighted by atomic mass is 10.1. The molecule has 4 aromatic rings. The Balaban J connectivity index is 1.50. The fourth-order valence-electron chi connectivity index (χ4n) is 4.01. The third kappa shape index (κ3) is 7.01. The van der Waals surface area contributed by atoms with E-state index in [1.165, 1.54) is 12.1 Å². The number of hydrogen-bond donors (Lipinski definition) is 0. The number of esters is 1. The maximum absolute atomic E-state index is 12.9. The van der Waals surface area contributed by atoms with E-state index < -0.39 is 11.7 Å². The fourth-order valence-corrected chi connectivity index (χ4v) is 4.01. The summed E-state index contributed by atoms with van der Waals surface area (Å²) in [5.74, 6) is 2.08. The van der Waals surface area contributed by atoms with Gasteiger partial charge in [0.25, 0.3) is 0 Å². The summed E-state index contributed by atoms with van der Waals surface area (Å²) in [5.41, 5.74) is 2.31. The molecule has 4 rings (SSSR count). The second-order valence-corrected chi connectivity index (χ2v) is 8.79. The van der Waals surface area contributed by atoms with E-state index >= 15 is 0 Å². The fraction of sp³-hybridized carbons (Fsp3) is 0.310. The van der Waals surface area contributed by atoms with Crippen LogP contribution in [-0.4, -0.2) is 29.2 Å². The highest BCUT2D eigenvalue weighted by atomic mass is 19.4. The van der Waals surface area contributed by atoms with Gasteiger partial charge in [-0.15, -0.1) is 0 Å². The van der Waals surface area contributed by atoms with Crippen LogP contribution in [0.5, 0.6) is 17.2 Å². The summed E-state index contributed by atoms with van der Waals surface area (Å²) in [4.78, 5) is 16.5. The standard InChI is InChI=1S/C29H29F3N2O5/c1-4-37-28(35)14-8-20-7-11-23(16-26(20)39-17-19-5-9-21(10-6-19)29(30,31)32)38-18-27-33-24-13-12-22(36-3)15-25(24)34(27)2/h5-7,9-13,15-16H,4,8,14,17-18H2,1-3H3. The van der Waals surface area contributed by atoms with Gasteiger partial charge in [-0.3, -0.25) is 4.79 Å². The molecule has 7 nitrogen and oxygen atoms in total. The van der Waals surface area contributed by atoms with Crippen LogP contribution in [0.2, 0.25) is 0 Å². The topological polar surface area (TPSA) is 71.8 Å². The number of carbonyl (C=O) groups excluding carboxylic acids is 1. The van der Waals surface area contributed by atoms with Crippen molar-refractivity contribution in [2.24, 2.45) is 7.05 Å². The number of aromatic nitrogens is 2. The lowest BCUT2D eigenvalue weighted by Crippen LogP contribution is -2.07. The maximum atomic E-state index is 12.9. The highest BCUT2D eigenvalue weighted by Gasteiger charge is 2.29. The first-order chi connectivity index (χ1) is 18.7. The largest absolute Gasteiger partial charge is 0.497 e. The third-order valence-corrected chi connectivity index (χ3v) is 6.17. The SMILES string of the molecule is CCOC(=O)CCc1ccc(OCc2nc3ccc(OC)cc3n2C)cc1OCc1ccc(C(F)(F)F)cc1. The van der Waals surface area contributed by atoms with Crippen LogP contribution in [0.15, 0.2) is 60.7 Å². The van der Waals surface area contributed by atoms with E-state index in [1.54, 1.807) is 32.2 Å². The van der Waals surface area contributed by atoms with Crippen LogP contribution >= 0.6 is 0 Å². The molecule has 0 N–H and O–H groups in total. The van der Waals surface area contributed by atoms with E-state index in [0.29, 0.717) is 29.3 Å². The number of aryl methyl sites for hydroxylation is 2. The van der Waals surface area contributed by atoms with Gasteiger partial charge in [0.2, 0.25) is 0 Å². The quantitative estimate of drug-likeness (QED) is 0.209. The molecule has 10 heteroatoms. The molecule has 3 aromatic carbocycles. The van der Waals surface area contributed by atoms with Crippen molar-refractivity contribution in [2.75, 3.05) is 13.7 Å². The Bertz CT molecular complexity index is 1430. The van der Waals surface area contributed by atoms with Gasteiger partial charge in [-0.1, -0.05) is 18.2 Å². The van der Waals surface area contributed by atoms with Crippen LogP contribution < -0.4 is 14.2 Å². The Morgan fingerprint density at radius 1 is 0.949 bits per heavy atom. The van der Waals surface area contributed by atoms with E-state index in [1.807, 2.05) is 29.8 Å². The van der Waals surface area contributed by atoms with E-state index in [-0.39, 0.29) is 32.2 Å². The number of halogens is 3. The highest BCUT2D eigenvalue weighted by molar-refractivity contribution is 5.77. The van der Waals surface area contributed by atoms with Gasteiger partial charge in [0.05, 0.1) is 30.3 Å². The van der Waals surface area contributed by atoms with Crippen molar-refractivity contribution in [2.45, 2.75) is 39.2 Å².